The predicted molar refractivity (Wildman–Crippen MR) is 150 cm³/mol. The van der Waals surface area contributed by atoms with Crippen molar-refractivity contribution in [2.75, 3.05) is 23.4 Å². The van der Waals surface area contributed by atoms with Crippen molar-refractivity contribution in [1.29, 1.82) is 0 Å². The number of rotatable bonds is 13. The molecular weight excluding hydrogens is 565 g/mol. The Bertz CT molecular complexity index is 1360. The third kappa shape index (κ3) is 6.55. The number of carboxylic acid groups (broad SMARTS) is 1. The monoisotopic (exact) mass is 586 g/mol. The van der Waals surface area contributed by atoms with Gasteiger partial charge in [-0.1, -0.05) is 23.9 Å². The summed E-state index contributed by atoms with van der Waals surface area (Å²) in [6.07, 6.45) is 7.15. The number of pyridine rings is 1. The van der Waals surface area contributed by atoms with Crippen molar-refractivity contribution in [3.8, 4) is 0 Å². The lowest BCUT2D eigenvalue weighted by Crippen LogP contribution is -2.71. The lowest BCUT2D eigenvalue weighted by molar-refractivity contribution is -0.150. The van der Waals surface area contributed by atoms with Crippen LogP contribution in [0.3, 0.4) is 0 Å². The number of aliphatic carboxylic acids is 1. The number of amides is 3. The molecule has 1 unspecified atom stereocenters. The molecule has 2 aliphatic heterocycles. The molecule has 2 atom stereocenters. The van der Waals surface area contributed by atoms with Crippen LogP contribution in [0.1, 0.15) is 11.3 Å². The third-order valence-electron chi connectivity index (χ3n) is 5.33. The molecule has 12 nitrogen and oxygen atoms in total. The first-order valence-corrected chi connectivity index (χ1v) is 14.3. The van der Waals surface area contributed by atoms with Crippen LogP contribution in [0.2, 0.25) is 0 Å². The summed E-state index contributed by atoms with van der Waals surface area (Å²) in [5.74, 6) is -1.71. The standard InChI is InChI=1S/C24H22N6O6S3/c1-2-7-36-29-17(16-12-39-24(27-16)26-13-31)20(32)28-18-21(33)30-19(23(34)35)15(11-38-22(18)30)10-37-8-5-14-4-3-6-25-9-14/h2-6,8-9,12-13,18,22H,1,7,10-11H2,(H,28,32)(H,34,35)(H,26,27,31)/b8-5-,29-17?/t18?,22-/m0/s1. The number of hydrogen-bond acceptors (Lipinski definition) is 11. The van der Waals surface area contributed by atoms with Gasteiger partial charge in [-0.15, -0.1) is 34.9 Å². The van der Waals surface area contributed by atoms with Gasteiger partial charge in [-0.3, -0.25) is 24.3 Å². The maximum atomic E-state index is 13.1. The molecule has 0 radical (unpaired) electrons. The summed E-state index contributed by atoms with van der Waals surface area (Å²) in [6, 6.07) is 2.75. The Morgan fingerprint density at radius 2 is 2.26 bits per heavy atom. The van der Waals surface area contributed by atoms with Gasteiger partial charge in [0.1, 0.15) is 29.4 Å². The van der Waals surface area contributed by atoms with E-state index in [2.05, 4.69) is 32.3 Å². The van der Waals surface area contributed by atoms with Crippen LogP contribution in [0.25, 0.3) is 6.08 Å². The van der Waals surface area contributed by atoms with Gasteiger partial charge in [0.2, 0.25) is 6.41 Å². The highest BCUT2D eigenvalue weighted by atomic mass is 32.2. The van der Waals surface area contributed by atoms with Crippen LogP contribution in [-0.2, 0) is 24.0 Å². The summed E-state index contributed by atoms with van der Waals surface area (Å²) in [7, 11) is 0. The molecule has 39 heavy (non-hydrogen) atoms. The zero-order chi connectivity index (χ0) is 27.8. The molecule has 4 heterocycles. The zero-order valence-corrected chi connectivity index (χ0v) is 22.6. The van der Waals surface area contributed by atoms with Crippen LogP contribution in [0.5, 0.6) is 0 Å². The molecule has 3 N–H and O–H groups in total. The van der Waals surface area contributed by atoms with Crippen molar-refractivity contribution in [3.63, 3.8) is 0 Å². The van der Waals surface area contributed by atoms with E-state index >= 15 is 0 Å². The Hall–Kier alpha value is -3.95. The molecule has 0 aliphatic carbocycles. The Morgan fingerprint density at radius 1 is 1.41 bits per heavy atom. The second kappa shape index (κ2) is 13.2. The van der Waals surface area contributed by atoms with Gasteiger partial charge in [0.25, 0.3) is 11.8 Å². The number of aromatic nitrogens is 2. The number of nitrogens with zero attached hydrogens (tertiary/aromatic N) is 4. The maximum Gasteiger partial charge on any atom is 0.352 e. The topological polar surface area (TPSA) is 163 Å². The molecular formula is C24H22N6O6S3. The van der Waals surface area contributed by atoms with E-state index in [4.69, 9.17) is 4.84 Å². The molecule has 3 amide bonds. The molecule has 2 aliphatic rings. The Balaban J connectivity index is 1.45. The number of thiazole rings is 1. The fourth-order valence-corrected chi connectivity index (χ4v) is 6.53. The smallest absolute Gasteiger partial charge is 0.352 e. The van der Waals surface area contributed by atoms with Crippen LogP contribution in [0.15, 0.2) is 64.4 Å². The van der Waals surface area contributed by atoms with E-state index < -0.39 is 29.2 Å². The first kappa shape index (κ1) is 28.1. The lowest BCUT2D eigenvalue weighted by atomic mass is 10.0. The number of anilines is 1. The molecule has 15 heteroatoms. The van der Waals surface area contributed by atoms with Crippen LogP contribution >= 0.6 is 34.9 Å². The van der Waals surface area contributed by atoms with E-state index in [1.165, 1.54) is 39.9 Å². The van der Waals surface area contributed by atoms with E-state index in [-0.39, 0.29) is 28.8 Å². The summed E-state index contributed by atoms with van der Waals surface area (Å²) >= 11 is 3.85. The second-order valence-corrected chi connectivity index (χ2v) is 10.7. The van der Waals surface area contributed by atoms with Crippen LogP contribution in [0.4, 0.5) is 5.13 Å². The fourth-order valence-electron chi connectivity index (χ4n) is 3.61. The summed E-state index contributed by atoms with van der Waals surface area (Å²) in [5.41, 5.74) is 1.39. The van der Waals surface area contributed by atoms with E-state index in [0.717, 1.165) is 16.9 Å². The van der Waals surface area contributed by atoms with Gasteiger partial charge in [0.15, 0.2) is 10.8 Å². The van der Waals surface area contributed by atoms with E-state index in [1.807, 2.05) is 23.6 Å². The minimum atomic E-state index is -1.21. The molecule has 1 saturated heterocycles. The molecule has 0 saturated carbocycles. The Kier molecular flexibility index (Phi) is 9.51. The number of oxime groups is 1. The summed E-state index contributed by atoms with van der Waals surface area (Å²) in [4.78, 5) is 63.4. The SMILES string of the molecule is C=CCON=C(C(=O)NC1C(=O)N2C(C(=O)O)=C(CS/C=C\c3cccnc3)CS[C@@H]12)c1csc(NC=O)n1. The van der Waals surface area contributed by atoms with Gasteiger partial charge in [-0.2, -0.15) is 0 Å². The molecule has 0 spiro atoms. The molecule has 0 aromatic carbocycles. The molecule has 202 valence electrons. The number of carbonyl (C=O) groups is 4. The van der Waals surface area contributed by atoms with Crippen molar-refractivity contribution in [3.05, 3.63) is 70.5 Å². The minimum absolute atomic E-state index is 0.0277. The lowest BCUT2D eigenvalue weighted by Gasteiger charge is -2.49. The largest absolute Gasteiger partial charge is 0.477 e. The zero-order valence-electron chi connectivity index (χ0n) is 20.2. The van der Waals surface area contributed by atoms with E-state index in [1.54, 1.807) is 12.4 Å². The quantitative estimate of drug-likeness (QED) is 0.0791. The highest BCUT2D eigenvalue weighted by molar-refractivity contribution is 8.02. The minimum Gasteiger partial charge on any atom is -0.477 e. The van der Waals surface area contributed by atoms with E-state index in [0.29, 0.717) is 23.5 Å². The fraction of sp³-hybridized carbons (Fsp3) is 0.208. The Morgan fingerprint density at radius 3 is 2.97 bits per heavy atom. The summed E-state index contributed by atoms with van der Waals surface area (Å²) in [6.45, 7) is 3.55. The van der Waals surface area contributed by atoms with Gasteiger partial charge in [-0.05, 0) is 28.7 Å². The van der Waals surface area contributed by atoms with Crippen molar-refractivity contribution in [1.82, 2.24) is 20.2 Å². The van der Waals surface area contributed by atoms with Gasteiger partial charge < -0.3 is 20.6 Å². The van der Waals surface area contributed by atoms with Crippen molar-refractivity contribution < 1.29 is 29.1 Å². The van der Waals surface area contributed by atoms with Crippen molar-refractivity contribution in [2.45, 2.75) is 11.4 Å². The Labute approximate surface area is 235 Å². The molecule has 2 aromatic heterocycles. The summed E-state index contributed by atoms with van der Waals surface area (Å²) in [5, 5.41) is 21.7. The van der Waals surface area contributed by atoms with Gasteiger partial charge in [0.05, 0.1) is 0 Å². The molecule has 1 fully saturated rings. The number of thioether (sulfide) groups is 2. The number of β-lactam (4-membered cyclic amide) rings is 1. The maximum absolute atomic E-state index is 13.1. The third-order valence-corrected chi connectivity index (χ3v) is 8.28. The predicted octanol–water partition coefficient (Wildman–Crippen LogP) is 2.16. The van der Waals surface area contributed by atoms with Crippen molar-refractivity contribution >= 4 is 76.0 Å². The van der Waals surface area contributed by atoms with Gasteiger partial charge >= 0.3 is 5.97 Å². The number of hydrogen-bond donors (Lipinski definition) is 3. The number of carboxylic acids is 1. The van der Waals surface area contributed by atoms with E-state index in [9.17, 15) is 24.3 Å². The summed E-state index contributed by atoms with van der Waals surface area (Å²) < 4.78 is 0. The highest BCUT2D eigenvalue weighted by Crippen LogP contribution is 2.41. The van der Waals surface area contributed by atoms with Crippen LogP contribution < -0.4 is 10.6 Å². The van der Waals surface area contributed by atoms with Crippen LogP contribution in [-0.4, -0.2) is 79.4 Å². The molecule has 2 aromatic rings. The number of fused-ring (bicyclic) bond motifs is 1. The second-order valence-electron chi connectivity index (χ2n) is 7.84. The van der Waals surface area contributed by atoms with Crippen LogP contribution in [0, 0.1) is 0 Å². The normalized spacial score (nSPS) is 18.8. The molecule has 0 bridgehead atoms. The average Bonchev–Trinajstić information content (AvgIpc) is 3.40. The average molecular weight is 587 g/mol. The molecule has 4 rings (SSSR count). The first-order valence-electron chi connectivity index (χ1n) is 11.3. The van der Waals surface area contributed by atoms with Crippen molar-refractivity contribution in [2.24, 2.45) is 5.16 Å². The van der Waals surface area contributed by atoms with Gasteiger partial charge in [-0.25, -0.2) is 9.78 Å². The highest BCUT2D eigenvalue weighted by Gasteiger charge is 2.54. The number of carbonyl (C=O) groups excluding carboxylic acids is 3. The van der Waals surface area contributed by atoms with Gasteiger partial charge in [0, 0.05) is 29.3 Å². The first-order chi connectivity index (χ1) is 18.9. The number of nitrogens with one attached hydrogen (secondary N) is 2.